The Hall–Kier alpha value is -1.11. The Bertz CT molecular complexity index is 681. The highest BCUT2D eigenvalue weighted by Gasteiger charge is 2.26. The lowest BCUT2D eigenvalue weighted by Crippen LogP contribution is -2.23. The zero-order valence-corrected chi connectivity index (χ0v) is 18.1. The Morgan fingerprint density at radius 2 is 1.63 bits per heavy atom. The molecule has 158 valence electrons. The van der Waals surface area contributed by atoms with Gasteiger partial charge in [0, 0.05) is 12.1 Å². The van der Waals surface area contributed by atoms with Gasteiger partial charge >= 0.3 is 0 Å². The van der Waals surface area contributed by atoms with E-state index in [1.807, 2.05) is 0 Å². The molecule has 0 aliphatic heterocycles. The third kappa shape index (κ3) is 8.20. The summed E-state index contributed by atoms with van der Waals surface area (Å²) in [6.07, 6.45) is 3.74. The molecule has 1 aromatic carbocycles. The maximum absolute atomic E-state index is 10.9. The smallest absolute Gasteiger partial charge is 0.280 e. The second kappa shape index (κ2) is 10.4. The lowest BCUT2D eigenvalue weighted by Gasteiger charge is -2.30. The van der Waals surface area contributed by atoms with Crippen LogP contribution >= 0.6 is 0 Å². The van der Waals surface area contributed by atoms with Crippen LogP contribution in [-0.4, -0.2) is 27.8 Å². The molecule has 0 heterocycles. The topological polar surface area (TPSA) is 64.6 Å². The van der Waals surface area contributed by atoms with Crippen LogP contribution in [0.25, 0.3) is 0 Å². The molecule has 5 nitrogen and oxygen atoms in total. The predicted molar refractivity (Wildman–Crippen MR) is 114 cm³/mol. The number of benzene rings is 1. The summed E-state index contributed by atoms with van der Waals surface area (Å²) in [5, 5.41) is 0. The van der Waals surface area contributed by atoms with Gasteiger partial charge in [-0.3, -0.25) is 0 Å². The number of hydrogen-bond donors (Lipinski definition) is 1. The second-order valence-electron chi connectivity index (χ2n) is 8.07. The van der Waals surface area contributed by atoms with Crippen LogP contribution in [0.1, 0.15) is 79.4 Å². The third-order valence-corrected chi connectivity index (χ3v) is 5.57. The van der Waals surface area contributed by atoms with Gasteiger partial charge in [-0.05, 0) is 41.7 Å². The van der Waals surface area contributed by atoms with Gasteiger partial charge in [-0.25, -0.2) is 0 Å². The molecule has 0 spiro atoms. The molecule has 0 bridgehead atoms. The van der Waals surface area contributed by atoms with Crippen molar-refractivity contribution >= 4 is 10.1 Å². The maximum Gasteiger partial charge on any atom is 0.280 e. The summed E-state index contributed by atoms with van der Waals surface area (Å²) in [6.45, 7) is 14.3. The van der Waals surface area contributed by atoms with Crippen molar-refractivity contribution in [2.75, 3.05) is 19.4 Å². The molecular formula is C21H39NO4S. The number of hydrogen-bond acceptors (Lipinski definition) is 5. The summed E-state index contributed by atoms with van der Waals surface area (Å²) in [6, 6.07) is 6.51. The van der Waals surface area contributed by atoms with Crippen molar-refractivity contribution in [3.8, 4) is 5.75 Å². The highest BCUT2D eigenvalue weighted by molar-refractivity contribution is 7.85. The van der Waals surface area contributed by atoms with Gasteiger partial charge in [0.15, 0.2) is 0 Å². The first-order valence-corrected chi connectivity index (χ1v) is 11.1. The Balaban J connectivity index is 0.00000676. The monoisotopic (exact) mass is 401 g/mol. The molecule has 6 heteroatoms. The first kappa shape index (κ1) is 25.9. The van der Waals surface area contributed by atoms with Crippen LogP contribution in [0.5, 0.6) is 5.75 Å². The Labute approximate surface area is 166 Å². The van der Waals surface area contributed by atoms with E-state index in [0.717, 1.165) is 24.8 Å². The van der Waals surface area contributed by atoms with Crippen molar-refractivity contribution in [2.45, 2.75) is 79.1 Å². The van der Waals surface area contributed by atoms with Crippen molar-refractivity contribution in [2.24, 2.45) is 0 Å². The maximum atomic E-state index is 10.9. The van der Waals surface area contributed by atoms with Crippen LogP contribution in [0.4, 0.5) is 0 Å². The number of nitrogens with one attached hydrogen (secondary N) is 1. The Morgan fingerprint density at radius 1 is 1.04 bits per heavy atom. The molecule has 1 aromatic rings. The normalized spacial score (nSPS) is 12.6. The average Bonchev–Trinajstić information content (AvgIpc) is 2.56. The van der Waals surface area contributed by atoms with Crippen molar-refractivity contribution in [3.05, 3.63) is 29.3 Å². The molecule has 0 unspecified atom stereocenters. The molecule has 1 rings (SSSR count). The van der Waals surface area contributed by atoms with Gasteiger partial charge in [-0.1, -0.05) is 61.1 Å². The zero-order valence-electron chi connectivity index (χ0n) is 17.3. The van der Waals surface area contributed by atoms with E-state index in [9.17, 15) is 8.42 Å². The molecule has 0 fully saturated rings. The van der Waals surface area contributed by atoms with Crippen molar-refractivity contribution < 1.29 is 17.4 Å². The molecule has 0 atom stereocenters. The molecule has 27 heavy (non-hydrogen) atoms. The van der Waals surface area contributed by atoms with E-state index < -0.39 is 10.1 Å². The van der Waals surface area contributed by atoms with Crippen molar-refractivity contribution in [1.82, 2.24) is 5.48 Å². The lowest BCUT2D eigenvalue weighted by molar-refractivity contribution is 0.192. The van der Waals surface area contributed by atoms with Crippen LogP contribution < -0.4 is 10.2 Å². The third-order valence-electron chi connectivity index (χ3n) is 5.15. The van der Waals surface area contributed by atoms with Crippen LogP contribution in [-0.2, 0) is 25.2 Å². The minimum atomic E-state index is -3.47. The van der Waals surface area contributed by atoms with Gasteiger partial charge in [0.25, 0.3) is 10.1 Å². The summed E-state index contributed by atoms with van der Waals surface area (Å²) in [4.78, 5) is 0. The quantitative estimate of drug-likeness (QED) is 0.420. The van der Waals surface area contributed by atoms with E-state index in [-0.39, 0.29) is 18.3 Å². The Morgan fingerprint density at radius 3 is 2.15 bits per heavy atom. The van der Waals surface area contributed by atoms with Gasteiger partial charge in [-0.15, -0.1) is 0 Å². The Kier molecular flexibility index (Phi) is 10.0. The molecule has 1 N–H and O–H groups in total. The fourth-order valence-electron chi connectivity index (χ4n) is 2.48. The SMILES string of the molecule is C.CCC(C)(C)c1ccc(OCCCNOS(C)(=O)=O)c(C(C)(C)CC)c1. The van der Waals surface area contributed by atoms with E-state index in [1.165, 1.54) is 11.1 Å². The summed E-state index contributed by atoms with van der Waals surface area (Å²) in [5.74, 6) is 0.900. The minimum Gasteiger partial charge on any atom is -0.493 e. The lowest BCUT2D eigenvalue weighted by atomic mass is 9.76. The van der Waals surface area contributed by atoms with Gasteiger partial charge in [0.2, 0.25) is 0 Å². The number of ether oxygens (including phenoxy) is 1. The van der Waals surface area contributed by atoms with Crippen LogP contribution in [0.3, 0.4) is 0 Å². The summed E-state index contributed by atoms with van der Waals surface area (Å²) < 4.78 is 32.3. The van der Waals surface area contributed by atoms with Crippen molar-refractivity contribution in [1.29, 1.82) is 0 Å². The van der Waals surface area contributed by atoms with E-state index in [0.29, 0.717) is 19.6 Å². The van der Waals surface area contributed by atoms with Gasteiger partial charge in [-0.2, -0.15) is 18.2 Å². The highest BCUT2D eigenvalue weighted by Crippen LogP contribution is 2.38. The van der Waals surface area contributed by atoms with E-state index >= 15 is 0 Å². The second-order valence-corrected chi connectivity index (χ2v) is 9.64. The number of rotatable bonds is 11. The minimum absolute atomic E-state index is 0. The zero-order chi connectivity index (χ0) is 20.0. The summed E-state index contributed by atoms with van der Waals surface area (Å²) in [7, 11) is -3.47. The number of hydroxylamine groups is 1. The molecule has 0 saturated heterocycles. The molecule has 0 aliphatic carbocycles. The largest absolute Gasteiger partial charge is 0.493 e. The molecule has 0 amide bonds. The standard InChI is InChI=1S/C20H35NO4S.CH4/c1-8-19(3,4)16-11-12-18(17(15-16)20(5,6)9-2)24-14-10-13-21-25-26(7,22)23;/h11-12,15,21H,8-10,13-14H2,1-7H3;1H4. The van der Waals surface area contributed by atoms with Crippen LogP contribution in [0.15, 0.2) is 18.2 Å². The van der Waals surface area contributed by atoms with Gasteiger partial charge < -0.3 is 4.74 Å². The predicted octanol–water partition coefficient (Wildman–Crippen LogP) is 4.95. The highest BCUT2D eigenvalue weighted by atomic mass is 32.2. The summed E-state index contributed by atoms with van der Waals surface area (Å²) >= 11 is 0. The van der Waals surface area contributed by atoms with Crippen LogP contribution in [0.2, 0.25) is 0 Å². The average molecular weight is 402 g/mol. The first-order chi connectivity index (χ1) is 11.9. The molecule has 0 aromatic heterocycles. The molecular weight excluding hydrogens is 362 g/mol. The summed E-state index contributed by atoms with van der Waals surface area (Å²) in [5.41, 5.74) is 5.13. The van der Waals surface area contributed by atoms with Crippen LogP contribution in [0, 0.1) is 0 Å². The fourth-order valence-corrected chi connectivity index (χ4v) is 2.77. The van der Waals surface area contributed by atoms with E-state index in [2.05, 4.69) is 69.5 Å². The van der Waals surface area contributed by atoms with E-state index in [1.54, 1.807) is 0 Å². The molecule has 0 saturated carbocycles. The van der Waals surface area contributed by atoms with Gasteiger partial charge in [0.05, 0.1) is 12.9 Å². The molecule has 0 aliphatic rings. The fraction of sp³-hybridized carbons (Fsp3) is 0.714. The van der Waals surface area contributed by atoms with Gasteiger partial charge in [0.1, 0.15) is 5.75 Å². The first-order valence-electron chi connectivity index (χ1n) is 9.32. The van der Waals surface area contributed by atoms with E-state index in [4.69, 9.17) is 4.74 Å². The van der Waals surface area contributed by atoms with Crippen molar-refractivity contribution in [3.63, 3.8) is 0 Å². The molecule has 0 radical (unpaired) electrons.